The van der Waals surface area contributed by atoms with E-state index < -0.39 is 0 Å². The first kappa shape index (κ1) is 20.9. The minimum Gasteiger partial charge on any atom is -0.0649 e. The topological polar surface area (TPSA) is 0 Å². The Kier molecular flexibility index (Phi) is 6.18. The van der Waals surface area contributed by atoms with Crippen LogP contribution in [0.3, 0.4) is 0 Å². The Balaban J connectivity index is 2.24. The van der Waals surface area contributed by atoms with E-state index in [2.05, 4.69) is 91.8 Å². The van der Waals surface area contributed by atoms with E-state index in [1.54, 1.807) is 5.57 Å². The van der Waals surface area contributed by atoms with E-state index >= 15 is 0 Å². The second-order valence-corrected chi connectivity index (χ2v) is 10.0. The number of fused-ring (bicyclic) bond motifs is 1. The quantitative estimate of drug-likeness (QED) is 0.474. The molecular weight excluding hydrogens is 336 g/mol. The van der Waals surface area contributed by atoms with E-state index in [9.17, 15) is 0 Å². The molecule has 0 atom stereocenters. The first-order chi connectivity index (χ1) is 13.2. The van der Waals surface area contributed by atoms with Gasteiger partial charge in [0.15, 0.2) is 0 Å². The van der Waals surface area contributed by atoms with Gasteiger partial charge in [0.2, 0.25) is 0 Å². The molecule has 0 spiro atoms. The highest BCUT2D eigenvalue weighted by Crippen LogP contribution is 2.42. The maximum Gasteiger partial charge on any atom is -0.00575 e. The monoisotopic (exact) mass is 374 g/mol. The van der Waals surface area contributed by atoms with Crippen LogP contribution in [0.15, 0.2) is 35.9 Å². The zero-order chi connectivity index (χ0) is 20.6. The minimum absolute atomic E-state index is 0.521. The molecule has 0 saturated carbocycles. The summed E-state index contributed by atoms with van der Waals surface area (Å²) in [5.41, 5.74) is 11.9. The number of allylic oxidation sites excluding steroid dienone is 1. The Labute approximate surface area is 173 Å². The lowest BCUT2D eigenvalue weighted by Crippen LogP contribution is -2.00. The number of hydrogen-bond donors (Lipinski definition) is 0. The van der Waals surface area contributed by atoms with Crippen molar-refractivity contribution >= 4 is 6.08 Å². The Morgan fingerprint density at radius 3 is 1.86 bits per heavy atom. The normalized spacial score (nSPS) is 13.8. The molecule has 0 unspecified atom stereocenters. The zero-order valence-electron chi connectivity index (χ0n) is 19.2. The van der Waals surface area contributed by atoms with Gasteiger partial charge < -0.3 is 0 Å². The maximum absolute atomic E-state index is 2.51. The number of rotatable bonds is 6. The van der Waals surface area contributed by atoms with Gasteiger partial charge >= 0.3 is 0 Å². The van der Waals surface area contributed by atoms with Gasteiger partial charge in [0, 0.05) is 0 Å². The zero-order valence-corrected chi connectivity index (χ0v) is 19.2. The van der Waals surface area contributed by atoms with E-state index in [0.29, 0.717) is 23.7 Å². The van der Waals surface area contributed by atoms with Crippen molar-refractivity contribution in [3.63, 3.8) is 0 Å². The number of benzene rings is 2. The van der Waals surface area contributed by atoms with Crippen molar-refractivity contribution in [1.82, 2.24) is 0 Å². The van der Waals surface area contributed by atoms with E-state index in [1.807, 2.05) is 0 Å². The molecule has 0 N–H and O–H groups in total. The van der Waals surface area contributed by atoms with Gasteiger partial charge in [0.05, 0.1) is 0 Å². The second kappa shape index (κ2) is 8.27. The Hall–Kier alpha value is -1.82. The van der Waals surface area contributed by atoms with Gasteiger partial charge in [0.1, 0.15) is 0 Å². The molecule has 2 aromatic carbocycles. The largest absolute Gasteiger partial charge is 0.0649 e. The van der Waals surface area contributed by atoms with Crippen molar-refractivity contribution in [2.45, 2.75) is 86.0 Å². The number of hydrogen-bond acceptors (Lipinski definition) is 0. The molecular formula is C28H38. The first-order valence-corrected chi connectivity index (χ1v) is 11.2. The molecule has 0 saturated heterocycles. The second-order valence-electron chi connectivity index (χ2n) is 10.0. The Morgan fingerprint density at radius 2 is 1.36 bits per heavy atom. The standard InChI is InChI=1S/C28H38/c1-17(2)11-21-12-22-9-10-26(20(7)8)28(27(22)13-21)25-15-23(18(3)4)14-24(16-25)19(5)6/h9-10,13-20H,11-12H2,1-8H3. The molecule has 2 aromatic rings. The molecule has 0 fully saturated rings. The maximum atomic E-state index is 2.51. The summed E-state index contributed by atoms with van der Waals surface area (Å²) >= 11 is 0. The average molecular weight is 375 g/mol. The highest BCUT2D eigenvalue weighted by Gasteiger charge is 2.22. The van der Waals surface area contributed by atoms with Crippen molar-refractivity contribution in [3.8, 4) is 11.1 Å². The van der Waals surface area contributed by atoms with E-state index in [1.165, 1.54) is 45.4 Å². The molecule has 0 radical (unpaired) electrons. The summed E-state index contributed by atoms with van der Waals surface area (Å²) in [5, 5.41) is 0. The lowest BCUT2D eigenvalue weighted by Gasteiger charge is -2.20. The third-order valence-electron chi connectivity index (χ3n) is 6.03. The summed E-state index contributed by atoms with van der Waals surface area (Å²) in [4.78, 5) is 0. The molecule has 1 aliphatic rings. The van der Waals surface area contributed by atoms with Gasteiger partial charge in [-0.1, -0.05) is 97.4 Å². The molecule has 150 valence electrons. The minimum atomic E-state index is 0.521. The third-order valence-corrected chi connectivity index (χ3v) is 6.03. The van der Waals surface area contributed by atoms with Crippen LogP contribution in [-0.4, -0.2) is 0 Å². The molecule has 0 heteroatoms. The van der Waals surface area contributed by atoms with Gasteiger partial charge in [-0.05, 0) is 75.5 Å². The van der Waals surface area contributed by atoms with Crippen LogP contribution in [0, 0.1) is 5.92 Å². The van der Waals surface area contributed by atoms with Gasteiger partial charge in [-0.3, -0.25) is 0 Å². The summed E-state index contributed by atoms with van der Waals surface area (Å²) in [6.45, 7) is 18.5. The fraction of sp³-hybridized carbons (Fsp3) is 0.500. The van der Waals surface area contributed by atoms with Crippen LogP contribution < -0.4 is 0 Å². The van der Waals surface area contributed by atoms with Gasteiger partial charge in [-0.2, -0.15) is 0 Å². The van der Waals surface area contributed by atoms with Crippen molar-refractivity contribution in [1.29, 1.82) is 0 Å². The fourth-order valence-corrected chi connectivity index (χ4v) is 4.44. The van der Waals surface area contributed by atoms with Crippen LogP contribution in [0.1, 0.15) is 107 Å². The van der Waals surface area contributed by atoms with Crippen LogP contribution in [0.5, 0.6) is 0 Å². The van der Waals surface area contributed by atoms with E-state index in [-0.39, 0.29) is 0 Å². The predicted molar refractivity (Wildman–Crippen MR) is 125 cm³/mol. The molecule has 3 rings (SSSR count). The smallest absolute Gasteiger partial charge is 0.00575 e. The van der Waals surface area contributed by atoms with Crippen molar-refractivity contribution in [2.75, 3.05) is 0 Å². The van der Waals surface area contributed by atoms with Gasteiger partial charge in [-0.25, -0.2) is 0 Å². The molecule has 0 aliphatic heterocycles. The van der Waals surface area contributed by atoms with Gasteiger partial charge in [0.25, 0.3) is 0 Å². The van der Waals surface area contributed by atoms with Crippen LogP contribution >= 0.6 is 0 Å². The SMILES string of the molecule is CC(C)CC1=Cc2c(ccc(C(C)C)c2-c2cc(C(C)C)cc(C(C)C)c2)C1. The lowest BCUT2D eigenvalue weighted by atomic mass is 9.84. The highest BCUT2D eigenvalue weighted by molar-refractivity contribution is 5.84. The molecule has 0 heterocycles. The summed E-state index contributed by atoms with van der Waals surface area (Å²) in [6.07, 6.45) is 4.84. The summed E-state index contributed by atoms with van der Waals surface area (Å²) in [6, 6.07) is 12.1. The van der Waals surface area contributed by atoms with Crippen molar-refractivity contribution in [2.24, 2.45) is 5.92 Å². The van der Waals surface area contributed by atoms with Crippen LogP contribution in [0.25, 0.3) is 17.2 Å². The Bertz CT molecular complexity index is 849. The molecule has 0 bridgehead atoms. The van der Waals surface area contributed by atoms with Crippen LogP contribution in [0.4, 0.5) is 0 Å². The lowest BCUT2D eigenvalue weighted by molar-refractivity contribution is 0.638. The van der Waals surface area contributed by atoms with Crippen molar-refractivity contribution in [3.05, 3.63) is 63.7 Å². The molecule has 28 heavy (non-hydrogen) atoms. The van der Waals surface area contributed by atoms with Crippen LogP contribution in [0.2, 0.25) is 0 Å². The molecule has 1 aliphatic carbocycles. The Morgan fingerprint density at radius 1 is 0.750 bits per heavy atom. The molecule has 0 nitrogen and oxygen atoms in total. The van der Waals surface area contributed by atoms with Crippen LogP contribution in [-0.2, 0) is 6.42 Å². The molecule has 0 amide bonds. The predicted octanol–water partition coefficient (Wildman–Crippen LogP) is 8.71. The molecule has 0 aromatic heterocycles. The van der Waals surface area contributed by atoms with Gasteiger partial charge in [-0.15, -0.1) is 0 Å². The summed E-state index contributed by atoms with van der Waals surface area (Å²) in [7, 11) is 0. The summed E-state index contributed by atoms with van der Waals surface area (Å²) in [5.74, 6) is 2.32. The third kappa shape index (κ3) is 4.27. The average Bonchev–Trinajstić information content (AvgIpc) is 3.01. The van der Waals surface area contributed by atoms with E-state index in [0.717, 1.165) is 6.42 Å². The highest BCUT2D eigenvalue weighted by atomic mass is 14.3. The fourth-order valence-electron chi connectivity index (χ4n) is 4.44. The summed E-state index contributed by atoms with van der Waals surface area (Å²) < 4.78 is 0. The van der Waals surface area contributed by atoms with E-state index in [4.69, 9.17) is 0 Å². The first-order valence-electron chi connectivity index (χ1n) is 11.2. The van der Waals surface area contributed by atoms with Crippen molar-refractivity contribution < 1.29 is 0 Å².